The largest absolute Gasteiger partial charge is 0.508 e. The lowest BCUT2D eigenvalue weighted by Crippen LogP contribution is -2.44. The summed E-state index contributed by atoms with van der Waals surface area (Å²) < 4.78 is 51.5. The Bertz CT molecular complexity index is 1170. The monoisotopic (exact) mass is 514 g/mol. The number of hydrogen-bond acceptors (Lipinski definition) is 3. The van der Waals surface area contributed by atoms with Gasteiger partial charge in [-0.15, -0.1) is 0 Å². The van der Waals surface area contributed by atoms with E-state index in [1.54, 1.807) is 24.3 Å². The zero-order valence-electron chi connectivity index (χ0n) is 17.1. The number of halogens is 4. The molecule has 0 fully saturated rings. The molecule has 0 amide bonds. The van der Waals surface area contributed by atoms with Crippen molar-refractivity contribution in [3.8, 4) is 23.0 Å². The van der Waals surface area contributed by atoms with Gasteiger partial charge in [-0.3, -0.25) is 0 Å². The van der Waals surface area contributed by atoms with Crippen LogP contribution < -0.4 is 4.74 Å². The Hall–Kier alpha value is -3.45. The molecule has 4 aromatic rings. The first-order valence-corrected chi connectivity index (χ1v) is 10.7. The highest BCUT2D eigenvalue weighted by Crippen LogP contribution is 2.51. The zero-order chi connectivity index (χ0) is 23.6. The van der Waals surface area contributed by atoms with Gasteiger partial charge < -0.3 is 14.9 Å². The van der Waals surface area contributed by atoms with Crippen molar-refractivity contribution in [1.82, 2.24) is 0 Å². The molecule has 0 spiro atoms. The summed E-state index contributed by atoms with van der Waals surface area (Å²) in [7, 11) is 0. The molecule has 0 aliphatic rings. The van der Waals surface area contributed by atoms with Gasteiger partial charge in [0.2, 0.25) is 0 Å². The summed E-state index contributed by atoms with van der Waals surface area (Å²) in [6, 6.07) is 22.7. The normalized spacial score (nSPS) is 11.9. The fourth-order valence-corrected chi connectivity index (χ4v) is 4.09. The van der Waals surface area contributed by atoms with Crippen molar-refractivity contribution in [1.29, 1.82) is 0 Å². The molecular formula is C26H18BrF3O3. The third-order valence-corrected chi connectivity index (χ3v) is 5.89. The number of phenols is 2. The molecule has 0 radical (unpaired) electrons. The molecule has 3 nitrogen and oxygen atoms in total. The van der Waals surface area contributed by atoms with E-state index in [0.717, 1.165) is 4.47 Å². The first-order valence-electron chi connectivity index (χ1n) is 9.90. The van der Waals surface area contributed by atoms with E-state index in [4.69, 9.17) is 4.74 Å². The molecule has 168 valence electrons. The minimum atomic E-state index is -4.74. The standard InChI is InChI=1S/C26H18BrF3O3/c27-20-7-15-24(16-8-20)33-23-13-5-19(6-14-23)25(26(28,29)30,17-1-9-21(31)10-2-17)18-3-11-22(32)12-4-18/h1-16,31-32H. The average molecular weight is 515 g/mol. The Morgan fingerprint density at radius 3 is 1.24 bits per heavy atom. The Kier molecular flexibility index (Phi) is 6.08. The van der Waals surface area contributed by atoms with Gasteiger partial charge in [0.25, 0.3) is 0 Å². The third kappa shape index (κ3) is 4.41. The predicted octanol–water partition coefficient (Wildman–Crippen LogP) is 7.55. The summed E-state index contributed by atoms with van der Waals surface area (Å²) in [5.41, 5.74) is -2.71. The second-order valence-electron chi connectivity index (χ2n) is 7.42. The summed E-state index contributed by atoms with van der Waals surface area (Å²) >= 11 is 3.34. The number of aromatic hydroxyl groups is 2. The minimum Gasteiger partial charge on any atom is -0.508 e. The molecule has 0 saturated heterocycles. The van der Waals surface area contributed by atoms with Crippen LogP contribution in [0.3, 0.4) is 0 Å². The van der Waals surface area contributed by atoms with Gasteiger partial charge in [-0.2, -0.15) is 13.2 Å². The fourth-order valence-electron chi connectivity index (χ4n) is 3.83. The second kappa shape index (κ2) is 8.83. The maximum absolute atomic E-state index is 15.0. The van der Waals surface area contributed by atoms with Gasteiger partial charge in [-0.05, 0) is 77.4 Å². The van der Waals surface area contributed by atoms with Crippen molar-refractivity contribution < 1.29 is 28.1 Å². The predicted molar refractivity (Wildman–Crippen MR) is 123 cm³/mol. The van der Waals surface area contributed by atoms with Crippen molar-refractivity contribution in [3.63, 3.8) is 0 Å². The van der Waals surface area contributed by atoms with E-state index >= 15 is 0 Å². The van der Waals surface area contributed by atoms with E-state index in [0.29, 0.717) is 11.5 Å². The highest BCUT2D eigenvalue weighted by Gasteiger charge is 2.58. The Labute approximate surface area is 196 Å². The van der Waals surface area contributed by atoms with Gasteiger partial charge in [0.1, 0.15) is 28.4 Å². The lowest BCUT2D eigenvalue weighted by atomic mass is 9.68. The number of ether oxygens (including phenoxy) is 1. The molecule has 0 heterocycles. The van der Waals surface area contributed by atoms with Crippen LogP contribution in [-0.4, -0.2) is 16.4 Å². The molecule has 0 unspecified atom stereocenters. The van der Waals surface area contributed by atoms with Crippen molar-refractivity contribution >= 4 is 15.9 Å². The maximum Gasteiger partial charge on any atom is 0.406 e. The molecule has 0 aliphatic carbocycles. The Morgan fingerprint density at radius 1 is 0.545 bits per heavy atom. The van der Waals surface area contributed by atoms with Crippen LogP contribution in [0.25, 0.3) is 0 Å². The highest BCUT2D eigenvalue weighted by atomic mass is 79.9. The fraction of sp³-hybridized carbons (Fsp3) is 0.0769. The summed E-state index contributed by atoms with van der Waals surface area (Å²) in [6.45, 7) is 0. The van der Waals surface area contributed by atoms with Crippen LogP contribution in [0.4, 0.5) is 13.2 Å². The number of benzene rings is 4. The first kappa shape index (κ1) is 22.7. The summed E-state index contributed by atoms with van der Waals surface area (Å²) in [5.74, 6) is 0.649. The molecule has 0 aromatic heterocycles. The van der Waals surface area contributed by atoms with Crippen molar-refractivity contribution in [2.45, 2.75) is 11.6 Å². The van der Waals surface area contributed by atoms with Crippen molar-refractivity contribution in [3.05, 3.63) is 118 Å². The summed E-state index contributed by atoms with van der Waals surface area (Å²) in [4.78, 5) is 0. The van der Waals surface area contributed by atoms with Crippen LogP contribution in [0.5, 0.6) is 23.0 Å². The molecule has 0 atom stereocenters. The minimum absolute atomic E-state index is 0.0328. The topological polar surface area (TPSA) is 49.7 Å². The maximum atomic E-state index is 15.0. The smallest absolute Gasteiger partial charge is 0.406 e. The molecule has 2 N–H and O–H groups in total. The van der Waals surface area contributed by atoms with Gasteiger partial charge in [0.05, 0.1) is 0 Å². The molecule has 4 rings (SSSR count). The molecule has 7 heteroatoms. The highest BCUT2D eigenvalue weighted by molar-refractivity contribution is 9.10. The lowest BCUT2D eigenvalue weighted by Gasteiger charge is -2.37. The van der Waals surface area contributed by atoms with E-state index in [-0.39, 0.29) is 28.2 Å². The Balaban J connectivity index is 1.86. The third-order valence-electron chi connectivity index (χ3n) is 5.36. The average Bonchev–Trinajstić information content (AvgIpc) is 2.78. The molecule has 0 saturated carbocycles. The van der Waals surface area contributed by atoms with E-state index in [2.05, 4.69) is 15.9 Å². The van der Waals surface area contributed by atoms with E-state index in [1.807, 2.05) is 0 Å². The molecular weight excluding hydrogens is 497 g/mol. The SMILES string of the molecule is Oc1ccc(C(c2ccc(O)cc2)(c2ccc(Oc3ccc(Br)cc3)cc2)C(F)(F)F)cc1. The number of phenolic OH excluding ortho intramolecular Hbond substituents is 2. The van der Waals surface area contributed by atoms with Crippen molar-refractivity contribution in [2.75, 3.05) is 0 Å². The van der Waals surface area contributed by atoms with Gasteiger partial charge in [-0.1, -0.05) is 52.3 Å². The van der Waals surface area contributed by atoms with Gasteiger partial charge in [0, 0.05) is 4.47 Å². The molecule has 0 bridgehead atoms. The van der Waals surface area contributed by atoms with Crippen LogP contribution >= 0.6 is 15.9 Å². The molecule has 4 aromatic carbocycles. The van der Waals surface area contributed by atoms with Crippen LogP contribution in [0.2, 0.25) is 0 Å². The van der Waals surface area contributed by atoms with Crippen LogP contribution in [-0.2, 0) is 5.41 Å². The van der Waals surface area contributed by atoms with Crippen LogP contribution in [0.15, 0.2) is 102 Å². The number of rotatable bonds is 5. The number of alkyl halides is 3. The second-order valence-corrected chi connectivity index (χ2v) is 8.34. The van der Waals surface area contributed by atoms with E-state index in [9.17, 15) is 23.4 Å². The lowest BCUT2D eigenvalue weighted by molar-refractivity contribution is -0.166. The van der Waals surface area contributed by atoms with E-state index in [1.165, 1.54) is 72.8 Å². The number of hydrogen-bond donors (Lipinski definition) is 2. The summed E-state index contributed by atoms with van der Waals surface area (Å²) in [5, 5.41) is 19.3. The Morgan fingerprint density at radius 2 is 0.879 bits per heavy atom. The van der Waals surface area contributed by atoms with Crippen LogP contribution in [0, 0.1) is 0 Å². The van der Waals surface area contributed by atoms with E-state index < -0.39 is 11.6 Å². The molecule has 0 aliphatic heterocycles. The van der Waals surface area contributed by atoms with Crippen molar-refractivity contribution in [2.24, 2.45) is 0 Å². The van der Waals surface area contributed by atoms with Gasteiger partial charge in [-0.25, -0.2) is 0 Å². The van der Waals surface area contributed by atoms with Crippen LogP contribution in [0.1, 0.15) is 16.7 Å². The molecule has 33 heavy (non-hydrogen) atoms. The first-order chi connectivity index (χ1) is 15.7. The van der Waals surface area contributed by atoms with Gasteiger partial charge in [0.15, 0.2) is 0 Å². The zero-order valence-corrected chi connectivity index (χ0v) is 18.6. The van der Waals surface area contributed by atoms with Gasteiger partial charge >= 0.3 is 6.18 Å². The quantitative estimate of drug-likeness (QED) is 0.270. The summed E-state index contributed by atoms with van der Waals surface area (Å²) in [6.07, 6.45) is -4.74.